The van der Waals surface area contributed by atoms with Crippen LogP contribution in [0.4, 0.5) is 0 Å². The highest BCUT2D eigenvalue weighted by Crippen LogP contribution is 2.25. The van der Waals surface area contributed by atoms with Crippen molar-refractivity contribution in [3.8, 4) is 0 Å². The molecule has 0 spiro atoms. The number of imidazole rings is 1. The summed E-state index contributed by atoms with van der Waals surface area (Å²) in [4.78, 5) is 26.7. The predicted molar refractivity (Wildman–Crippen MR) is 73.1 cm³/mol. The Balaban J connectivity index is 1.76. The molecule has 0 N–H and O–H groups in total. The molecule has 6 nitrogen and oxygen atoms in total. The number of carbonyl (C=O) groups excluding carboxylic acids is 1. The van der Waals surface area contributed by atoms with Crippen molar-refractivity contribution in [2.45, 2.75) is 18.8 Å². The van der Waals surface area contributed by atoms with E-state index in [4.69, 9.17) is 0 Å². The van der Waals surface area contributed by atoms with Gasteiger partial charge in [-0.2, -0.15) is 0 Å². The van der Waals surface area contributed by atoms with Gasteiger partial charge in [0.25, 0.3) is 5.91 Å². The fourth-order valence-electron chi connectivity index (χ4n) is 2.66. The maximum Gasteiger partial charge on any atom is 0.289 e. The molecule has 0 bridgehead atoms. The van der Waals surface area contributed by atoms with Crippen LogP contribution in [0.1, 0.15) is 35.1 Å². The Morgan fingerprint density at radius 1 is 1.35 bits per heavy atom. The van der Waals surface area contributed by atoms with Crippen molar-refractivity contribution >= 4 is 5.91 Å². The van der Waals surface area contributed by atoms with Crippen molar-refractivity contribution < 1.29 is 4.79 Å². The van der Waals surface area contributed by atoms with Crippen LogP contribution in [0.2, 0.25) is 0 Å². The maximum atomic E-state index is 12.5. The van der Waals surface area contributed by atoms with E-state index in [1.807, 2.05) is 18.0 Å². The lowest BCUT2D eigenvalue weighted by Crippen LogP contribution is -2.40. The number of hydrogen-bond donors (Lipinski definition) is 0. The number of amides is 1. The second-order valence-corrected chi connectivity index (χ2v) is 5.09. The van der Waals surface area contributed by atoms with E-state index in [0.717, 1.165) is 25.1 Å². The zero-order valence-corrected chi connectivity index (χ0v) is 11.4. The first-order chi connectivity index (χ1) is 9.75. The topological polar surface area (TPSA) is 63.9 Å². The molecule has 0 saturated carbocycles. The van der Waals surface area contributed by atoms with E-state index in [0.29, 0.717) is 12.4 Å². The van der Waals surface area contributed by atoms with Gasteiger partial charge in [-0.15, -0.1) is 0 Å². The number of hydrogen-bond acceptors (Lipinski definition) is 4. The monoisotopic (exact) mass is 271 g/mol. The molecule has 0 radical (unpaired) electrons. The lowest BCUT2D eigenvalue weighted by atomic mass is 9.94. The summed E-state index contributed by atoms with van der Waals surface area (Å²) in [5.74, 6) is 0.778. The Hall–Kier alpha value is -2.24. The van der Waals surface area contributed by atoms with Crippen LogP contribution < -0.4 is 0 Å². The third-order valence-electron chi connectivity index (χ3n) is 3.74. The molecule has 104 valence electrons. The lowest BCUT2D eigenvalue weighted by molar-refractivity contribution is 0.0690. The molecule has 1 fully saturated rings. The summed E-state index contributed by atoms with van der Waals surface area (Å²) in [6.45, 7) is 1.48. The molecule has 3 rings (SSSR count). The van der Waals surface area contributed by atoms with E-state index in [1.165, 1.54) is 0 Å². The summed E-state index contributed by atoms with van der Waals surface area (Å²) in [7, 11) is 1.84. The summed E-state index contributed by atoms with van der Waals surface area (Å²) in [5, 5.41) is 0. The number of aryl methyl sites for hydroxylation is 1. The van der Waals surface area contributed by atoms with Gasteiger partial charge in [-0.1, -0.05) is 0 Å². The molecule has 1 amide bonds. The third kappa shape index (κ3) is 2.41. The standard InChI is InChI=1S/C14H17N5O/c1-18-8-6-16-13(18)14(20)19-7-2-3-11(9-19)12-4-5-15-10-17-12/h4-6,8,10-11H,2-3,7,9H2,1H3. The highest BCUT2D eigenvalue weighted by molar-refractivity contribution is 5.90. The van der Waals surface area contributed by atoms with E-state index < -0.39 is 0 Å². The molecule has 1 atom stereocenters. The molecular formula is C14H17N5O. The van der Waals surface area contributed by atoms with Crippen molar-refractivity contribution in [1.29, 1.82) is 0 Å². The van der Waals surface area contributed by atoms with Crippen LogP contribution in [-0.2, 0) is 7.05 Å². The largest absolute Gasteiger partial charge is 0.335 e. The zero-order valence-electron chi connectivity index (χ0n) is 11.4. The molecule has 1 aliphatic heterocycles. The Morgan fingerprint density at radius 3 is 2.95 bits per heavy atom. The Morgan fingerprint density at radius 2 is 2.25 bits per heavy atom. The molecule has 2 aromatic heterocycles. The quantitative estimate of drug-likeness (QED) is 0.824. The van der Waals surface area contributed by atoms with Crippen LogP contribution in [0.15, 0.2) is 31.0 Å². The van der Waals surface area contributed by atoms with Crippen LogP contribution in [0.5, 0.6) is 0 Å². The van der Waals surface area contributed by atoms with Gasteiger partial charge in [-0.3, -0.25) is 4.79 Å². The average molecular weight is 271 g/mol. The third-order valence-corrected chi connectivity index (χ3v) is 3.74. The molecule has 0 aromatic carbocycles. The Kier molecular flexibility index (Phi) is 3.45. The summed E-state index contributed by atoms with van der Waals surface area (Å²) >= 11 is 0. The van der Waals surface area contributed by atoms with Gasteiger partial charge in [0.15, 0.2) is 5.82 Å². The first kappa shape index (κ1) is 12.8. The number of nitrogens with zero attached hydrogens (tertiary/aromatic N) is 5. The van der Waals surface area contributed by atoms with Crippen molar-refractivity contribution in [2.24, 2.45) is 7.05 Å². The molecule has 1 unspecified atom stereocenters. The van der Waals surface area contributed by atoms with Crippen molar-refractivity contribution in [2.75, 3.05) is 13.1 Å². The van der Waals surface area contributed by atoms with Gasteiger partial charge in [-0.25, -0.2) is 15.0 Å². The van der Waals surface area contributed by atoms with Crippen molar-refractivity contribution in [3.05, 3.63) is 42.5 Å². The summed E-state index contributed by atoms with van der Waals surface area (Å²) in [5.41, 5.74) is 1.01. The van der Waals surface area contributed by atoms with E-state index in [2.05, 4.69) is 15.0 Å². The Bertz CT molecular complexity index is 595. The first-order valence-corrected chi connectivity index (χ1v) is 6.78. The molecule has 1 saturated heterocycles. The second kappa shape index (κ2) is 5.40. The highest BCUT2D eigenvalue weighted by atomic mass is 16.2. The van der Waals surface area contributed by atoms with Gasteiger partial charge < -0.3 is 9.47 Å². The minimum atomic E-state index is -0.00347. The molecule has 3 heterocycles. The average Bonchev–Trinajstić information content (AvgIpc) is 2.94. The molecule has 20 heavy (non-hydrogen) atoms. The summed E-state index contributed by atoms with van der Waals surface area (Å²) < 4.78 is 1.76. The number of piperidine rings is 1. The maximum absolute atomic E-state index is 12.5. The highest BCUT2D eigenvalue weighted by Gasteiger charge is 2.27. The van der Waals surface area contributed by atoms with Crippen LogP contribution in [0.3, 0.4) is 0 Å². The van der Waals surface area contributed by atoms with Crippen LogP contribution in [0.25, 0.3) is 0 Å². The SMILES string of the molecule is Cn1ccnc1C(=O)N1CCCC(c2ccncn2)C1. The van der Waals surface area contributed by atoms with E-state index in [9.17, 15) is 4.79 Å². The lowest BCUT2D eigenvalue weighted by Gasteiger charge is -2.32. The van der Waals surface area contributed by atoms with Gasteiger partial charge in [0.1, 0.15) is 6.33 Å². The van der Waals surface area contributed by atoms with Gasteiger partial charge in [0.05, 0.1) is 0 Å². The van der Waals surface area contributed by atoms with E-state index >= 15 is 0 Å². The summed E-state index contributed by atoms with van der Waals surface area (Å²) in [6.07, 6.45) is 8.81. The number of likely N-dealkylation sites (tertiary alicyclic amines) is 1. The fourth-order valence-corrected chi connectivity index (χ4v) is 2.66. The molecule has 0 aliphatic carbocycles. The Labute approximate surface area is 117 Å². The van der Waals surface area contributed by atoms with Crippen LogP contribution in [-0.4, -0.2) is 43.4 Å². The van der Waals surface area contributed by atoms with Gasteiger partial charge in [-0.05, 0) is 18.9 Å². The van der Waals surface area contributed by atoms with E-state index in [-0.39, 0.29) is 11.8 Å². The first-order valence-electron chi connectivity index (χ1n) is 6.78. The zero-order chi connectivity index (χ0) is 13.9. The second-order valence-electron chi connectivity index (χ2n) is 5.09. The molecular weight excluding hydrogens is 254 g/mol. The van der Waals surface area contributed by atoms with Gasteiger partial charge in [0, 0.05) is 50.3 Å². The molecule has 1 aliphatic rings. The number of carbonyl (C=O) groups is 1. The van der Waals surface area contributed by atoms with Crippen molar-refractivity contribution in [1.82, 2.24) is 24.4 Å². The number of rotatable bonds is 2. The normalized spacial score (nSPS) is 19.1. The molecule has 2 aromatic rings. The predicted octanol–water partition coefficient (Wildman–Crippen LogP) is 1.23. The minimum Gasteiger partial charge on any atom is -0.335 e. The van der Waals surface area contributed by atoms with Crippen LogP contribution >= 0.6 is 0 Å². The van der Waals surface area contributed by atoms with E-state index in [1.54, 1.807) is 29.5 Å². The van der Waals surface area contributed by atoms with Crippen molar-refractivity contribution in [3.63, 3.8) is 0 Å². The fraction of sp³-hybridized carbons (Fsp3) is 0.429. The van der Waals surface area contributed by atoms with Crippen LogP contribution in [0, 0.1) is 0 Å². The summed E-state index contributed by atoms with van der Waals surface area (Å²) in [6, 6.07) is 1.93. The number of aromatic nitrogens is 4. The minimum absolute atomic E-state index is 0.00347. The molecule has 6 heteroatoms. The van der Waals surface area contributed by atoms with Gasteiger partial charge >= 0.3 is 0 Å². The van der Waals surface area contributed by atoms with Gasteiger partial charge in [0.2, 0.25) is 0 Å². The smallest absolute Gasteiger partial charge is 0.289 e.